The second-order valence-corrected chi connectivity index (χ2v) is 6.46. The molecule has 2 aliphatic heterocycles. The Bertz CT molecular complexity index is 778. The van der Waals surface area contributed by atoms with Crippen molar-refractivity contribution in [3.8, 4) is 5.69 Å². The molecule has 2 aromatic rings. The van der Waals surface area contributed by atoms with Crippen molar-refractivity contribution >= 4 is 11.9 Å². The molecule has 3 heterocycles. The summed E-state index contributed by atoms with van der Waals surface area (Å²) in [6, 6.07) is 7.48. The third kappa shape index (κ3) is 2.90. The van der Waals surface area contributed by atoms with E-state index < -0.39 is 0 Å². The summed E-state index contributed by atoms with van der Waals surface area (Å²) < 4.78 is 14.7. The summed E-state index contributed by atoms with van der Waals surface area (Å²) in [5, 5.41) is 4.44. The first-order valence-corrected chi connectivity index (χ1v) is 8.56. The first kappa shape index (κ1) is 15.8. The molecule has 1 aromatic carbocycles. The molecule has 0 unspecified atom stereocenters. The van der Waals surface area contributed by atoms with Gasteiger partial charge in [-0.1, -0.05) is 0 Å². The average Bonchev–Trinajstić information content (AvgIpc) is 3.19. The Labute approximate surface area is 144 Å². The van der Waals surface area contributed by atoms with Crippen molar-refractivity contribution in [2.24, 2.45) is 0 Å². The van der Waals surface area contributed by atoms with Crippen LogP contribution in [0.5, 0.6) is 0 Å². The average molecular weight is 342 g/mol. The van der Waals surface area contributed by atoms with Crippen molar-refractivity contribution in [1.29, 1.82) is 0 Å². The Hall–Kier alpha value is -2.70. The molecule has 2 aliphatic rings. The number of halogens is 1. The normalized spacial score (nSPS) is 20.3. The second-order valence-electron chi connectivity index (χ2n) is 6.46. The topological polar surface area (TPSA) is 58.4 Å². The number of aromatic nitrogens is 2. The Morgan fingerprint density at radius 1 is 1.12 bits per heavy atom. The minimum Gasteiger partial charge on any atom is -0.312 e. The lowest BCUT2D eigenvalue weighted by molar-refractivity contribution is -0.128. The van der Waals surface area contributed by atoms with E-state index in [9.17, 15) is 14.0 Å². The highest BCUT2D eigenvalue weighted by molar-refractivity contribution is 6.04. The molecule has 6 nitrogen and oxygen atoms in total. The lowest BCUT2D eigenvalue weighted by atomic mass is 10.0. The Morgan fingerprint density at radius 3 is 2.68 bits per heavy atom. The fraction of sp³-hybridized carbons (Fsp3) is 0.389. The van der Waals surface area contributed by atoms with Crippen molar-refractivity contribution in [2.75, 3.05) is 13.1 Å². The van der Waals surface area contributed by atoms with Crippen molar-refractivity contribution in [3.05, 3.63) is 48.0 Å². The van der Waals surface area contributed by atoms with Crippen LogP contribution in [0.2, 0.25) is 0 Å². The zero-order valence-corrected chi connectivity index (χ0v) is 13.8. The highest BCUT2D eigenvalue weighted by Gasteiger charge is 2.45. The minimum atomic E-state index is -0.293. The van der Waals surface area contributed by atoms with Gasteiger partial charge in [0.1, 0.15) is 11.9 Å². The molecule has 1 atom stereocenters. The van der Waals surface area contributed by atoms with Crippen molar-refractivity contribution < 1.29 is 14.0 Å². The van der Waals surface area contributed by atoms with Gasteiger partial charge >= 0.3 is 6.03 Å². The Morgan fingerprint density at radius 2 is 1.92 bits per heavy atom. The molecule has 25 heavy (non-hydrogen) atoms. The van der Waals surface area contributed by atoms with Crippen molar-refractivity contribution in [3.63, 3.8) is 0 Å². The summed E-state index contributed by atoms with van der Waals surface area (Å²) in [5.41, 5.74) is 1.55. The smallest absolute Gasteiger partial charge is 0.312 e. The third-order valence-electron chi connectivity index (χ3n) is 4.86. The number of carbonyl (C=O) groups excluding carboxylic acids is 2. The highest BCUT2D eigenvalue weighted by Crippen LogP contribution is 2.26. The maximum atomic E-state index is 13.0. The van der Waals surface area contributed by atoms with Crippen LogP contribution in [0.3, 0.4) is 0 Å². The highest BCUT2D eigenvalue weighted by atomic mass is 19.1. The number of hydrogen-bond acceptors (Lipinski definition) is 3. The number of hydrogen-bond donors (Lipinski definition) is 0. The number of fused-ring (bicyclic) bond motifs is 1. The van der Waals surface area contributed by atoms with E-state index in [2.05, 4.69) is 5.10 Å². The van der Waals surface area contributed by atoms with E-state index in [0.29, 0.717) is 19.5 Å². The molecule has 0 aliphatic carbocycles. The first-order chi connectivity index (χ1) is 12.1. The number of urea groups is 1. The summed E-state index contributed by atoms with van der Waals surface area (Å²) in [6.07, 6.45) is 5.02. The van der Waals surface area contributed by atoms with E-state index in [0.717, 1.165) is 30.6 Å². The van der Waals surface area contributed by atoms with E-state index in [-0.39, 0.29) is 23.8 Å². The van der Waals surface area contributed by atoms with Gasteiger partial charge in [-0.2, -0.15) is 5.10 Å². The van der Waals surface area contributed by atoms with Crippen molar-refractivity contribution in [1.82, 2.24) is 19.6 Å². The van der Waals surface area contributed by atoms with Gasteiger partial charge in [-0.15, -0.1) is 0 Å². The van der Waals surface area contributed by atoms with Gasteiger partial charge in [0, 0.05) is 25.7 Å². The third-order valence-corrected chi connectivity index (χ3v) is 4.86. The monoisotopic (exact) mass is 342 g/mol. The zero-order valence-electron chi connectivity index (χ0n) is 13.8. The summed E-state index contributed by atoms with van der Waals surface area (Å²) in [7, 11) is 0. The molecule has 0 N–H and O–H groups in total. The molecule has 130 valence electrons. The number of imide groups is 1. The van der Waals surface area contributed by atoms with Gasteiger partial charge in [-0.25, -0.2) is 13.9 Å². The van der Waals surface area contributed by atoms with E-state index in [1.807, 2.05) is 6.07 Å². The Balaban J connectivity index is 1.43. The second kappa shape index (κ2) is 6.31. The molecule has 0 saturated carbocycles. The molecule has 7 heteroatoms. The van der Waals surface area contributed by atoms with Crippen LogP contribution in [-0.4, -0.2) is 50.6 Å². The van der Waals surface area contributed by atoms with Gasteiger partial charge in [0.2, 0.25) is 0 Å². The van der Waals surface area contributed by atoms with Gasteiger partial charge in [0.15, 0.2) is 0 Å². The summed E-state index contributed by atoms with van der Waals surface area (Å²) in [5.74, 6) is -0.374. The summed E-state index contributed by atoms with van der Waals surface area (Å²) >= 11 is 0. The Kier molecular flexibility index (Phi) is 3.99. The standard InChI is InChI=1S/C18H19FN4O2/c19-13-4-6-15(7-5-13)23-12-9-14(20-23)8-11-22-17(24)16-3-1-2-10-21(16)18(22)25/h4-7,9,12,16H,1-3,8,10-11H2/t16-/m0/s1. The molecule has 1 aromatic heterocycles. The fourth-order valence-electron chi connectivity index (χ4n) is 3.51. The van der Waals surface area contributed by atoms with Gasteiger partial charge in [0.25, 0.3) is 5.91 Å². The van der Waals surface area contributed by atoms with Gasteiger partial charge in [0.05, 0.1) is 11.4 Å². The van der Waals surface area contributed by atoms with Gasteiger partial charge in [-0.05, 0) is 49.6 Å². The maximum Gasteiger partial charge on any atom is 0.327 e. The predicted molar refractivity (Wildman–Crippen MR) is 88.7 cm³/mol. The minimum absolute atomic E-state index is 0.0809. The molecule has 4 rings (SSSR count). The zero-order chi connectivity index (χ0) is 17.4. The number of carbonyl (C=O) groups is 2. The van der Waals surface area contributed by atoms with Crippen LogP contribution in [0.1, 0.15) is 25.0 Å². The first-order valence-electron chi connectivity index (χ1n) is 8.56. The molecule has 2 saturated heterocycles. The van der Waals surface area contributed by atoms with Crippen LogP contribution >= 0.6 is 0 Å². The van der Waals surface area contributed by atoms with Crippen LogP contribution in [0.4, 0.5) is 9.18 Å². The SMILES string of the molecule is O=C1[C@@H]2CCCCN2C(=O)N1CCc1ccn(-c2ccc(F)cc2)n1. The van der Waals surface area contributed by atoms with Crippen LogP contribution < -0.4 is 0 Å². The lowest BCUT2D eigenvalue weighted by Crippen LogP contribution is -2.39. The number of nitrogens with zero attached hydrogens (tertiary/aromatic N) is 4. The quantitative estimate of drug-likeness (QED) is 0.802. The van der Waals surface area contributed by atoms with Crippen LogP contribution in [0.25, 0.3) is 5.69 Å². The maximum absolute atomic E-state index is 13.0. The number of piperidine rings is 1. The molecule has 2 fully saturated rings. The van der Waals surface area contributed by atoms with Gasteiger partial charge in [-0.3, -0.25) is 9.69 Å². The lowest BCUT2D eigenvalue weighted by Gasteiger charge is -2.26. The fourth-order valence-corrected chi connectivity index (χ4v) is 3.51. The van der Waals surface area contributed by atoms with Crippen molar-refractivity contribution in [2.45, 2.75) is 31.7 Å². The summed E-state index contributed by atoms with van der Waals surface area (Å²) in [6.45, 7) is 1.01. The molecular weight excluding hydrogens is 323 g/mol. The molecule has 0 bridgehead atoms. The largest absolute Gasteiger partial charge is 0.327 e. The number of amides is 3. The van der Waals surface area contributed by atoms with Crippen LogP contribution in [-0.2, 0) is 11.2 Å². The number of benzene rings is 1. The van der Waals surface area contributed by atoms with Gasteiger partial charge < -0.3 is 4.90 Å². The predicted octanol–water partition coefficient (Wildman–Crippen LogP) is 2.37. The van der Waals surface area contributed by atoms with E-state index >= 15 is 0 Å². The van der Waals surface area contributed by atoms with E-state index in [1.165, 1.54) is 17.0 Å². The molecule has 3 amide bonds. The van der Waals surface area contributed by atoms with E-state index in [4.69, 9.17) is 0 Å². The molecule has 0 radical (unpaired) electrons. The van der Waals surface area contributed by atoms with Crippen LogP contribution in [0.15, 0.2) is 36.5 Å². The number of rotatable bonds is 4. The van der Waals surface area contributed by atoms with Crippen LogP contribution in [0, 0.1) is 5.82 Å². The molecule has 0 spiro atoms. The van der Waals surface area contributed by atoms with E-state index in [1.54, 1.807) is 27.9 Å². The summed E-state index contributed by atoms with van der Waals surface area (Å²) in [4.78, 5) is 27.9. The molecular formula is C18H19FN4O2.